The highest BCUT2D eigenvalue weighted by Gasteiger charge is 2.34. The molecule has 1 atom stereocenters. The number of hydrogen-bond donors (Lipinski definition) is 0. The maximum absolute atomic E-state index is 4.97. The van der Waals surface area contributed by atoms with Gasteiger partial charge in [0.05, 0.1) is 12.7 Å². The SMILES string of the molecule is C1=CC1C1CO1. The van der Waals surface area contributed by atoms with Crippen LogP contribution in [0.4, 0.5) is 0 Å². The summed E-state index contributed by atoms with van der Waals surface area (Å²) in [5.41, 5.74) is 0. The first-order valence-electron chi connectivity index (χ1n) is 2.27. The van der Waals surface area contributed by atoms with Crippen LogP contribution in [0.25, 0.3) is 0 Å². The molecule has 1 aliphatic carbocycles. The van der Waals surface area contributed by atoms with Crippen molar-refractivity contribution in [3.05, 3.63) is 12.2 Å². The normalized spacial score (nSPS) is 40.3. The molecule has 2 rings (SSSR count). The van der Waals surface area contributed by atoms with Gasteiger partial charge in [-0.05, 0) is 0 Å². The van der Waals surface area contributed by atoms with Gasteiger partial charge < -0.3 is 4.74 Å². The molecule has 0 saturated carbocycles. The van der Waals surface area contributed by atoms with Gasteiger partial charge in [0.1, 0.15) is 0 Å². The summed E-state index contributed by atoms with van der Waals surface area (Å²) < 4.78 is 4.97. The second kappa shape index (κ2) is 0.684. The molecule has 0 amide bonds. The Balaban J connectivity index is 1.94. The van der Waals surface area contributed by atoms with Crippen LogP contribution in [0.5, 0.6) is 0 Å². The predicted octanol–water partition coefficient (Wildman–Crippen LogP) is 0.571. The van der Waals surface area contributed by atoms with E-state index in [-0.39, 0.29) is 0 Å². The Morgan fingerprint density at radius 3 is 2.33 bits per heavy atom. The number of epoxide rings is 1. The molecule has 0 spiro atoms. The molecule has 0 bridgehead atoms. The van der Waals surface area contributed by atoms with Crippen LogP contribution >= 0.6 is 0 Å². The van der Waals surface area contributed by atoms with Crippen molar-refractivity contribution in [1.29, 1.82) is 0 Å². The fourth-order valence-electron chi connectivity index (χ4n) is 0.590. The monoisotopic (exact) mass is 82.0 g/mol. The standard InChI is InChI=1S/C5H6O/c1-2-4(1)5-3-6-5/h1-2,4-5H,3H2. The van der Waals surface area contributed by atoms with Crippen LogP contribution in [0.3, 0.4) is 0 Å². The molecule has 1 unspecified atom stereocenters. The van der Waals surface area contributed by atoms with Crippen molar-refractivity contribution < 1.29 is 4.74 Å². The minimum absolute atomic E-state index is 0.602. The molecule has 0 N–H and O–H groups in total. The fourth-order valence-corrected chi connectivity index (χ4v) is 0.590. The number of ether oxygens (including phenoxy) is 1. The van der Waals surface area contributed by atoms with Crippen molar-refractivity contribution in [1.82, 2.24) is 0 Å². The first kappa shape index (κ1) is 2.80. The van der Waals surface area contributed by atoms with Crippen molar-refractivity contribution in [2.45, 2.75) is 6.10 Å². The lowest BCUT2D eigenvalue weighted by Crippen LogP contribution is -1.85. The Kier molecular flexibility index (Phi) is 0.320. The zero-order valence-corrected chi connectivity index (χ0v) is 3.42. The zero-order valence-electron chi connectivity index (χ0n) is 3.42. The average Bonchev–Trinajstić information content (AvgIpc) is 2.26. The molecule has 0 radical (unpaired) electrons. The number of hydrogen-bond acceptors (Lipinski definition) is 1. The van der Waals surface area contributed by atoms with E-state index >= 15 is 0 Å². The summed E-state index contributed by atoms with van der Waals surface area (Å²) in [6.07, 6.45) is 4.96. The maximum Gasteiger partial charge on any atom is 0.0906 e. The summed E-state index contributed by atoms with van der Waals surface area (Å²) in [5.74, 6) is 0.741. The molecule has 1 heteroatoms. The molecule has 32 valence electrons. The molecule has 0 aromatic carbocycles. The Morgan fingerprint density at radius 2 is 2.17 bits per heavy atom. The van der Waals surface area contributed by atoms with Gasteiger partial charge in [-0.3, -0.25) is 0 Å². The summed E-state index contributed by atoms with van der Waals surface area (Å²) in [4.78, 5) is 0. The molecular weight excluding hydrogens is 76.1 g/mol. The average molecular weight is 82.1 g/mol. The van der Waals surface area contributed by atoms with Gasteiger partial charge in [0.25, 0.3) is 0 Å². The topological polar surface area (TPSA) is 12.5 Å². The van der Waals surface area contributed by atoms with E-state index in [1.165, 1.54) is 0 Å². The highest BCUT2D eigenvalue weighted by atomic mass is 16.6. The molecule has 1 nitrogen and oxygen atoms in total. The summed E-state index contributed by atoms with van der Waals surface area (Å²) in [5, 5.41) is 0. The van der Waals surface area contributed by atoms with Crippen molar-refractivity contribution in [2.75, 3.05) is 6.61 Å². The molecule has 1 heterocycles. The molecule has 6 heavy (non-hydrogen) atoms. The van der Waals surface area contributed by atoms with Crippen molar-refractivity contribution in [3.63, 3.8) is 0 Å². The summed E-state index contributed by atoms with van der Waals surface area (Å²) >= 11 is 0. The molecule has 2 aliphatic rings. The second-order valence-corrected chi connectivity index (χ2v) is 1.83. The first-order valence-corrected chi connectivity index (χ1v) is 2.27. The first-order chi connectivity index (χ1) is 2.97. The van der Waals surface area contributed by atoms with E-state index in [4.69, 9.17) is 4.74 Å². The Morgan fingerprint density at radius 1 is 1.50 bits per heavy atom. The lowest BCUT2D eigenvalue weighted by molar-refractivity contribution is 0.396. The van der Waals surface area contributed by atoms with Gasteiger partial charge in [-0.15, -0.1) is 0 Å². The zero-order chi connectivity index (χ0) is 3.98. The Bertz CT molecular complexity index is 86.1. The van der Waals surface area contributed by atoms with Gasteiger partial charge in [0, 0.05) is 5.92 Å². The van der Waals surface area contributed by atoms with Gasteiger partial charge in [-0.1, -0.05) is 12.2 Å². The molecule has 1 saturated heterocycles. The van der Waals surface area contributed by atoms with Crippen LogP contribution in [-0.4, -0.2) is 12.7 Å². The third kappa shape index (κ3) is 0.287. The Labute approximate surface area is 36.6 Å². The second-order valence-electron chi connectivity index (χ2n) is 1.83. The summed E-state index contributed by atoms with van der Waals surface area (Å²) in [7, 11) is 0. The van der Waals surface area contributed by atoms with Gasteiger partial charge in [0.15, 0.2) is 0 Å². The van der Waals surface area contributed by atoms with Crippen molar-refractivity contribution in [2.24, 2.45) is 5.92 Å². The summed E-state index contributed by atoms with van der Waals surface area (Å²) in [6, 6.07) is 0. The molecular formula is C5H6O. The van der Waals surface area contributed by atoms with Gasteiger partial charge in [-0.25, -0.2) is 0 Å². The minimum Gasteiger partial charge on any atom is -0.372 e. The van der Waals surface area contributed by atoms with E-state index in [0.717, 1.165) is 12.5 Å². The lowest BCUT2D eigenvalue weighted by atomic mass is 10.3. The van der Waals surface area contributed by atoms with Crippen LogP contribution in [0.2, 0.25) is 0 Å². The maximum atomic E-state index is 4.97. The number of rotatable bonds is 1. The largest absolute Gasteiger partial charge is 0.372 e. The lowest BCUT2D eigenvalue weighted by Gasteiger charge is -1.76. The Hall–Kier alpha value is -0.300. The van der Waals surface area contributed by atoms with Gasteiger partial charge in [0.2, 0.25) is 0 Å². The van der Waals surface area contributed by atoms with Crippen LogP contribution in [0.1, 0.15) is 0 Å². The summed E-state index contributed by atoms with van der Waals surface area (Å²) in [6.45, 7) is 0.998. The van der Waals surface area contributed by atoms with Crippen molar-refractivity contribution in [3.8, 4) is 0 Å². The predicted molar refractivity (Wildman–Crippen MR) is 22.4 cm³/mol. The van der Waals surface area contributed by atoms with E-state index < -0.39 is 0 Å². The minimum atomic E-state index is 0.602. The molecule has 0 aromatic rings. The highest BCUT2D eigenvalue weighted by molar-refractivity contribution is 5.18. The van der Waals surface area contributed by atoms with Gasteiger partial charge in [-0.2, -0.15) is 0 Å². The molecule has 0 aromatic heterocycles. The van der Waals surface area contributed by atoms with Gasteiger partial charge >= 0.3 is 0 Å². The van der Waals surface area contributed by atoms with E-state index in [1.807, 2.05) is 0 Å². The molecule has 1 aliphatic heterocycles. The smallest absolute Gasteiger partial charge is 0.0906 e. The fraction of sp³-hybridized carbons (Fsp3) is 0.600. The van der Waals surface area contributed by atoms with Crippen LogP contribution in [-0.2, 0) is 4.74 Å². The third-order valence-corrected chi connectivity index (χ3v) is 1.20. The third-order valence-electron chi connectivity index (χ3n) is 1.20. The van der Waals surface area contributed by atoms with Crippen LogP contribution in [0, 0.1) is 5.92 Å². The van der Waals surface area contributed by atoms with E-state index in [0.29, 0.717) is 6.10 Å². The van der Waals surface area contributed by atoms with Crippen LogP contribution < -0.4 is 0 Å². The van der Waals surface area contributed by atoms with E-state index in [9.17, 15) is 0 Å². The molecule has 1 fully saturated rings. The van der Waals surface area contributed by atoms with E-state index in [2.05, 4.69) is 12.2 Å². The van der Waals surface area contributed by atoms with Crippen molar-refractivity contribution >= 4 is 0 Å². The van der Waals surface area contributed by atoms with Crippen LogP contribution in [0.15, 0.2) is 12.2 Å². The highest BCUT2D eigenvalue weighted by Crippen LogP contribution is 2.30. The van der Waals surface area contributed by atoms with E-state index in [1.54, 1.807) is 0 Å². The quantitative estimate of drug-likeness (QED) is 0.333.